The average molecular weight is 342 g/mol. The summed E-state index contributed by atoms with van der Waals surface area (Å²) < 4.78 is 38.2. The number of hydrogen-bond acceptors (Lipinski definition) is 6. The van der Waals surface area contributed by atoms with Crippen molar-refractivity contribution >= 4 is 21.5 Å². The van der Waals surface area contributed by atoms with Gasteiger partial charge in [-0.25, -0.2) is 12.8 Å². The summed E-state index contributed by atoms with van der Waals surface area (Å²) in [4.78, 5) is 13.6. The Balaban J connectivity index is 2.32. The molecule has 0 spiro atoms. The normalized spacial score (nSPS) is 12.9. The van der Waals surface area contributed by atoms with E-state index in [1.807, 2.05) is 0 Å². The van der Waals surface area contributed by atoms with Crippen molar-refractivity contribution in [3.8, 4) is 0 Å². The second-order valence-corrected chi connectivity index (χ2v) is 7.10. The minimum Gasteiger partial charge on any atom is -0.358 e. The highest BCUT2D eigenvalue weighted by atomic mass is 32.2. The first-order valence-corrected chi connectivity index (χ1v) is 8.42. The Morgan fingerprint density at radius 3 is 2.61 bits per heavy atom. The molecule has 0 aliphatic carbocycles. The fraction of sp³-hybridized carbons (Fsp3) is 0.308. The molecule has 10 heteroatoms. The van der Waals surface area contributed by atoms with Gasteiger partial charge in [-0.3, -0.25) is 4.57 Å². The molecular formula is C13H15FN4O4S. The fourth-order valence-corrected chi connectivity index (χ4v) is 2.82. The van der Waals surface area contributed by atoms with E-state index in [0.29, 0.717) is 5.56 Å². The van der Waals surface area contributed by atoms with Gasteiger partial charge in [0, 0.05) is 13.3 Å². The van der Waals surface area contributed by atoms with E-state index in [1.54, 1.807) is 14.0 Å². The molecule has 1 heterocycles. The number of benzene rings is 1. The molecule has 0 aliphatic rings. The number of imidazole rings is 1. The minimum absolute atomic E-state index is 0.176. The Morgan fingerprint density at radius 2 is 2.09 bits per heavy atom. The van der Waals surface area contributed by atoms with Crippen LogP contribution in [0.1, 0.15) is 18.5 Å². The lowest BCUT2D eigenvalue weighted by Gasteiger charge is -2.16. The summed E-state index contributed by atoms with van der Waals surface area (Å²) >= 11 is 0. The number of aryl methyl sites for hydroxylation is 1. The first-order valence-electron chi connectivity index (χ1n) is 6.53. The zero-order valence-electron chi connectivity index (χ0n) is 12.6. The Kier molecular flexibility index (Phi) is 4.37. The Labute approximate surface area is 132 Å². The van der Waals surface area contributed by atoms with Crippen molar-refractivity contribution in [2.45, 2.75) is 17.9 Å². The quantitative estimate of drug-likeness (QED) is 0.658. The standard InChI is InChI=1S/C13H15FN4O4S/c1-8(16-13-12(18(19)20)15-7-17(13)2)9-4-5-11(10(14)6-9)23(3,21)22/h4-8,16H,1-3H3/t8-/m1/s1. The second-order valence-electron chi connectivity index (χ2n) is 5.11. The van der Waals surface area contributed by atoms with Crippen molar-refractivity contribution in [2.75, 3.05) is 11.6 Å². The summed E-state index contributed by atoms with van der Waals surface area (Å²) in [5.74, 6) is -1.03. The number of aromatic nitrogens is 2. The molecule has 1 aromatic heterocycles. The molecule has 8 nitrogen and oxygen atoms in total. The molecule has 0 saturated carbocycles. The number of hydrogen-bond donors (Lipinski definition) is 1. The van der Waals surface area contributed by atoms with E-state index in [4.69, 9.17) is 0 Å². The molecule has 0 bridgehead atoms. The molecule has 0 fully saturated rings. The van der Waals surface area contributed by atoms with Gasteiger partial charge < -0.3 is 15.4 Å². The number of nitrogens with zero attached hydrogens (tertiary/aromatic N) is 3. The van der Waals surface area contributed by atoms with Crippen LogP contribution in [0.3, 0.4) is 0 Å². The van der Waals surface area contributed by atoms with Gasteiger partial charge in [-0.2, -0.15) is 0 Å². The second kappa shape index (κ2) is 5.95. The molecule has 0 amide bonds. The van der Waals surface area contributed by atoms with Crippen molar-refractivity contribution in [3.63, 3.8) is 0 Å². The maximum atomic E-state index is 13.9. The van der Waals surface area contributed by atoms with Gasteiger partial charge in [-0.15, -0.1) is 0 Å². The van der Waals surface area contributed by atoms with E-state index in [2.05, 4.69) is 10.3 Å². The Morgan fingerprint density at radius 1 is 1.43 bits per heavy atom. The van der Waals surface area contributed by atoms with Gasteiger partial charge in [0.15, 0.2) is 9.84 Å². The number of nitro groups is 1. The highest BCUT2D eigenvalue weighted by Gasteiger charge is 2.22. The third-order valence-electron chi connectivity index (χ3n) is 3.30. The number of anilines is 1. The first kappa shape index (κ1) is 16.9. The van der Waals surface area contributed by atoms with Gasteiger partial charge in [0.2, 0.25) is 12.1 Å². The van der Waals surface area contributed by atoms with Gasteiger partial charge in [0.1, 0.15) is 10.7 Å². The van der Waals surface area contributed by atoms with E-state index < -0.39 is 26.6 Å². The van der Waals surface area contributed by atoms with E-state index >= 15 is 0 Å². The Hall–Kier alpha value is -2.49. The predicted molar refractivity (Wildman–Crippen MR) is 81.4 cm³/mol. The number of halogens is 1. The molecule has 1 aromatic carbocycles. The van der Waals surface area contributed by atoms with E-state index in [-0.39, 0.29) is 16.5 Å². The van der Waals surface area contributed by atoms with Gasteiger partial charge in [0.25, 0.3) is 0 Å². The first-order chi connectivity index (χ1) is 10.6. The number of rotatable bonds is 5. The Bertz CT molecular complexity index is 863. The largest absolute Gasteiger partial charge is 0.406 e. The van der Waals surface area contributed by atoms with Crippen LogP contribution in [-0.4, -0.2) is 29.1 Å². The third-order valence-corrected chi connectivity index (χ3v) is 4.43. The van der Waals surface area contributed by atoms with Crippen LogP contribution in [0.5, 0.6) is 0 Å². The van der Waals surface area contributed by atoms with Crippen molar-refractivity contribution in [2.24, 2.45) is 7.05 Å². The van der Waals surface area contributed by atoms with E-state index in [0.717, 1.165) is 12.3 Å². The molecule has 0 radical (unpaired) electrons. The molecule has 2 rings (SSSR count). The monoisotopic (exact) mass is 342 g/mol. The fourth-order valence-electron chi connectivity index (χ4n) is 2.09. The van der Waals surface area contributed by atoms with Gasteiger partial charge in [0.05, 0.1) is 6.04 Å². The number of sulfone groups is 1. The van der Waals surface area contributed by atoms with Crippen LogP contribution in [0.4, 0.5) is 16.0 Å². The zero-order valence-corrected chi connectivity index (χ0v) is 13.5. The lowest BCUT2D eigenvalue weighted by atomic mass is 10.1. The van der Waals surface area contributed by atoms with Crippen molar-refractivity contribution in [1.82, 2.24) is 9.55 Å². The smallest absolute Gasteiger partial charge is 0.358 e. The summed E-state index contributed by atoms with van der Waals surface area (Å²) in [6.07, 6.45) is 2.21. The summed E-state index contributed by atoms with van der Waals surface area (Å²) in [5, 5.41) is 13.8. The maximum Gasteiger partial charge on any atom is 0.406 e. The predicted octanol–water partition coefficient (Wildman–Crippen LogP) is 2.04. The van der Waals surface area contributed by atoms with Crippen LogP contribution < -0.4 is 5.32 Å². The molecule has 124 valence electrons. The van der Waals surface area contributed by atoms with Crippen LogP contribution in [0.2, 0.25) is 0 Å². The van der Waals surface area contributed by atoms with Gasteiger partial charge in [-0.05, 0) is 34.5 Å². The molecule has 1 N–H and O–H groups in total. The van der Waals surface area contributed by atoms with E-state index in [9.17, 15) is 22.9 Å². The van der Waals surface area contributed by atoms with Gasteiger partial charge >= 0.3 is 5.82 Å². The molecule has 1 atom stereocenters. The SMILES string of the molecule is C[C@@H](Nc1c([N+](=O)[O-])ncn1C)c1ccc(S(C)(=O)=O)c(F)c1. The van der Waals surface area contributed by atoms with Gasteiger partial charge in [-0.1, -0.05) is 6.07 Å². The zero-order chi connectivity index (χ0) is 17.4. The van der Waals surface area contributed by atoms with E-state index in [1.165, 1.54) is 23.0 Å². The summed E-state index contributed by atoms with van der Waals surface area (Å²) in [6, 6.07) is 3.23. The van der Waals surface area contributed by atoms with Crippen molar-refractivity contribution in [3.05, 3.63) is 46.0 Å². The summed E-state index contributed by atoms with van der Waals surface area (Å²) in [5.41, 5.74) is 0.449. The maximum absolute atomic E-state index is 13.9. The van der Waals surface area contributed by atoms with Crippen LogP contribution >= 0.6 is 0 Å². The van der Waals surface area contributed by atoms with Crippen LogP contribution in [0.15, 0.2) is 29.4 Å². The topological polar surface area (TPSA) is 107 Å². The average Bonchev–Trinajstić information content (AvgIpc) is 2.78. The lowest BCUT2D eigenvalue weighted by molar-refractivity contribution is -0.388. The summed E-state index contributed by atoms with van der Waals surface area (Å²) in [6.45, 7) is 1.67. The third kappa shape index (κ3) is 3.47. The highest BCUT2D eigenvalue weighted by Crippen LogP contribution is 2.27. The van der Waals surface area contributed by atoms with Crippen LogP contribution in [0.25, 0.3) is 0 Å². The van der Waals surface area contributed by atoms with Crippen molar-refractivity contribution in [1.29, 1.82) is 0 Å². The minimum atomic E-state index is -3.65. The molecule has 2 aromatic rings. The molecule has 0 unspecified atom stereocenters. The van der Waals surface area contributed by atoms with Crippen LogP contribution in [-0.2, 0) is 16.9 Å². The number of nitrogens with one attached hydrogen (secondary N) is 1. The summed E-state index contributed by atoms with van der Waals surface area (Å²) in [7, 11) is -2.06. The lowest BCUT2D eigenvalue weighted by Crippen LogP contribution is -2.12. The van der Waals surface area contributed by atoms with Crippen molar-refractivity contribution < 1.29 is 17.7 Å². The molecule has 23 heavy (non-hydrogen) atoms. The highest BCUT2D eigenvalue weighted by molar-refractivity contribution is 7.90. The molecular weight excluding hydrogens is 327 g/mol. The van der Waals surface area contributed by atoms with Crippen LogP contribution in [0, 0.1) is 15.9 Å². The molecule has 0 saturated heterocycles. The molecule has 0 aliphatic heterocycles.